The Morgan fingerprint density at radius 2 is 1.63 bits per heavy atom. The number of ether oxygens (including phenoxy) is 1. The van der Waals surface area contributed by atoms with E-state index in [9.17, 15) is 9.59 Å². The van der Waals surface area contributed by atoms with Gasteiger partial charge in [-0.1, -0.05) is 29.8 Å². The number of halogens is 1. The van der Waals surface area contributed by atoms with Gasteiger partial charge in [0.15, 0.2) is 0 Å². The second-order valence-corrected chi connectivity index (χ2v) is 6.36. The summed E-state index contributed by atoms with van der Waals surface area (Å²) < 4.78 is 6.83. The first kappa shape index (κ1) is 18.8. The summed E-state index contributed by atoms with van der Waals surface area (Å²) >= 11 is 6.36. The van der Waals surface area contributed by atoms with Crippen LogP contribution in [0.3, 0.4) is 0 Å². The number of nitrogens with one attached hydrogen (secondary N) is 2. The number of rotatable bonds is 6. The van der Waals surface area contributed by atoms with Crippen molar-refractivity contribution in [3.05, 3.63) is 64.8 Å². The smallest absolute Gasteiger partial charge is 0.269 e. The number of aryl methyl sites for hydroxylation is 1. The molecular formula is C20H20ClN3O3. The summed E-state index contributed by atoms with van der Waals surface area (Å²) in [5, 5.41) is 6.81. The van der Waals surface area contributed by atoms with E-state index in [1.165, 1.54) is 0 Å². The van der Waals surface area contributed by atoms with Crippen LogP contribution in [0.2, 0.25) is 5.02 Å². The Hall–Kier alpha value is -2.99. The highest BCUT2D eigenvalue weighted by atomic mass is 35.5. The molecule has 1 aromatic heterocycles. The fourth-order valence-corrected chi connectivity index (χ4v) is 3.25. The minimum Gasteiger partial charge on any atom is -0.497 e. The van der Waals surface area contributed by atoms with Crippen LogP contribution >= 0.6 is 11.6 Å². The highest BCUT2D eigenvalue weighted by molar-refractivity contribution is 6.38. The number of carbonyl (C=O) groups excluding carboxylic acids is 2. The lowest BCUT2D eigenvalue weighted by Crippen LogP contribution is -2.35. The van der Waals surface area contributed by atoms with Gasteiger partial charge in [0.05, 0.1) is 12.1 Å². The van der Waals surface area contributed by atoms with Crippen molar-refractivity contribution in [2.45, 2.75) is 0 Å². The Bertz CT molecular complexity index is 941. The molecule has 3 rings (SSSR count). The molecule has 0 aliphatic carbocycles. The lowest BCUT2D eigenvalue weighted by atomic mass is 10.2. The molecule has 0 saturated heterocycles. The van der Waals surface area contributed by atoms with Crippen LogP contribution in [0.4, 0.5) is 0 Å². The molecule has 0 radical (unpaired) electrons. The zero-order chi connectivity index (χ0) is 19.4. The molecule has 0 atom stereocenters. The summed E-state index contributed by atoms with van der Waals surface area (Å²) in [6.45, 7) is 0.594. The second kappa shape index (κ2) is 8.14. The van der Waals surface area contributed by atoms with E-state index in [2.05, 4.69) is 10.6 Å². The number of amides is 2. The van der Waals surface area contributed by atoms with Crippen LogP contribution in [0.1, 0.15) is 20.8 Å². The summed E-state index contributed by atoms with van der Waals surface area (Å²) in [5.41, 5.74) is 1.82. The van der Waals surface area contributed by atoms with Gasteiger partial charge in [0.2, 0.25) is 0 Å². The van der Waals surface area contributed by atoms with E-state index in [-0.39, 0.29) is 11.8 Å². The van der Waals surface area contributed by atoms with Gasteiger partial charge in [-0.05, 0) is 30.3 Å². The summed E-state index contributed by atoms with van der Waals surface area (Å²) in [6, 6.07) is 14.4. The molecule has 2 N–H and O–H groups in total. The summed E-state index contributed by atoms with van der Waals surface area (Å²) in [5.74, 6) is 0.192. The molecule has 0 spiro atoms. The maximum absolute atomic E-state index is 12.5. The molecule has 2 aromatic carbocycles. The van der Waals surface area contributed by atoms with Gasteiger partial charge in [-0.3, -0.25) is 9.59 Å². The topological polar surface area (TPSA) is 72.4 Å². The fourth-order valence-electron chi connectivity index (χ4n) is 2.88. The molecule has 0 aliphatic heterocycles. The molecule has 6 nitrogen and oxygen atoms in total. The molecule has 1 heterocycles. The number of hydrogen-bond acceptors (Lipinski definition) is 3. The van der Waals surface area contributed by atoms with Gasteiger partial charge in [-0.25, -0.2) is 0 Å². The van der Waals surface area contributed by atoms with Gasteiger partial charge in [0.25, 0.3) is 11.8 Å². The van der Waals surface area contributed by atoms with Gasteiger partial charge >= 0.3 is 0 Å². The monoisotopic (exact) mass is 385 g/mol. The first-order chi connectivity index (χ1) is 13.0. The molecule has 3 aromatic rings. The van der Waals surface area contributed by atoms with Crippen molar-refractivity contribution in [1.82, 2.24) is 15.2 Å². The average molecular weight is 386 g/mol. The Kier molecular flexibility index (Phi) is 5.66. The normalized spacial score (nSPS) is 10.6. The Morgan fingerprint density at radius 1 is 1.00 bits per heavy atom. The van der Waals surface area contributed by atoms with Crippen LogP contribution < -0.4 is 15.4 Å². The molecule has 7 heteroatoms. The van der Waals surface area contributed by atoms with Gasteiger partial charge in [-0.2, -0.15) is 0 Å². The van der Waals surface area contributed by atoms with Crippen molar-refractivity contribution >= 4 is 34.3 Å². The molecule has 2 amide bonds. The van der Waals surface area contributed by atoms with E-state index in [1.807, 2.05) is 24.3 Å². The van der Waals surface area contributed by atoms with E-state index < -0.39 is 0 Å². The van der Waals surface area contributed by atoms with E-state index in [4.69, 9.17) is 16.3 Å². The molecule has 0 bridgehead atoms. The van der Waals surface area contributed by atoms with Crippen molar-refractivity contribution in [1.29, 1.82) is 0 Å². The standard InChI is InChI=1S/C20H20ClN3O3/c1-24-16-6-4-3-5-15(16)17(21)18(24)20(26)23-12-11-22-19(25)13-7-9-14(27-2)10-8-13/h3-10H,11-12H2,1-2H3,(H,22,25)(H,23,26). The molecule has 0 fully saturated rings. The maximum Gasteiger partial charge on any atom is 0.269 e. The number of hydrogen-bond donors (Lipinski definition) is 2. The number of para-hydroxylation sites is 1. The first-order valence-electron chi connectivity index (χ1n) is 8.46. The molecule has 140 valence electrons. The Balaban J connectivity index is 1.56. The highest BCUT2D eigenvalue weighted by Crippen LogP contribution is 2.29. The highest BCUT2D eigenvalue weighted by Gasteiger charge is 2.19. The van der Waals surface area contributed by atoms with Crippen LogP contribution in [0.25, 0.3) is 10.9 Å². The number of benzene rings is 2. The maximum atomic E-state index is 12.5. The largest absolute Gasteiger partial charge is 0.497 e. The fraction of sp³-hybridized carbons (Fsp3) is 0.200. The zero-order valence-corrected chi connectivity index (χ0v) is 15.8. The third-order valence-corrected chi connectivity index (χ3v) is 4.69. The van der Waals surface area contributed by atoms with Crippen molar-refractivity contribution in [2.24, 2.45) is 7.05 Å². The van der Waals surface area contributed by atoms with E-state index in [1.54, 1.807) is 43.0 Å². The SMILES string of the molecule is COc1ccc(C(=O)NCCNC(=O)c2c(Cl)c3ccccc3n2C)cc1. The van der Waals surface area contributed by atoms with Crippen molar-refractivity contribution < 1.29 is 14.3 Å². The summed E-state index contributed by atoms with van der Waals surface area (Å²) in [7, 11) is 3.37. The van der Waals surface area contributed by atoms with Crippen molar-refractivity contribution in [3.63, 3.8) is 0 Å². The zero-order valence-electron chi connectivity index (χ0n) is 15.1. The Morgan fingerprint density at radius 3 is 2.26 bits per heavy atom. The quantitative estimate of drug-likeness (QED) is 0.641. The number of carbonyl (C=O) groups is 2. The van der Waals surface area contributed by atoms with E-state index >= 15 is 0 Å². The number of nitrogens with zero attached hydrogens (tertiary/aromatic N) is 1. The van der Waals surface area contributed by atoms with Crippen LogP contribution in [-0.4, -0.2) is 36.6 Å². The van der Waals surface area contributed by atoms with Gasteiger partial charge in [0, 0.05) is 36.6 Å². The van der Waals surface area contributed by atoms with Crippen LogP contribution in [-0.2, 0) is 7.05 Å². The van der Waals surface area contributed by atoms with Gasteiger partial charge < -0.3 is 19.9 Å². The van der Waals surface area contributed by atoms with Crippen LogP contribution in [0.15, 0.2) is 48.5 Å². The predicted octanol–water partition coefficient (Wildman–Crippen LogP) is 3.00. The number of methoxy groups -OCH3 is 1. The van der Waals surface area contributed by atoms with Gasteiger partial charge in [-0.15, -0.1) is 0 Å². The minimum atomic E-state index is -0.280. The van der Waals surface area contributed by atoms with E-state index in [0.29, 0.717) is 35.1 Å². The lowest BCUT2D eigenvalue weighted by molar-refractivity contribution is 0.0923. The first-order valence-corrected chi connectivity index (χ1v) is 8.84. The number of fused-ring (bicyclic) bond motifs is 1. The number of aromatic nitrogens is 1. The van der Waals surface area contributed by atoms with E-state index in [0.717, 1.165) is 10.9 Å². The molecular weight excluding hydrogens is 366 g/mol. The van der Waals surface area contributed by atoms with Crippen molar-refractivity contribution in [2.75, 3.05) is 20.2 Å². The van der Waals surface area contributed by atoms with Crippen LogP contribution in [0.5, 0.6) is 5.75 Å². The molecule has 0 saturated carbocycles. The van der Waals surface area contributed by atoms with Gasteiger partial charge in [0.1, 0.15) is 11.4 Å². The molecule has 27 heavy (non-hydrogen) atoms. The molecule has 0 unspecified atom stereocenters. The summed E-state index contributed by atoms with van der Waals surface area (Å²) in [4.78, 5) is 24.6. The lowest BCUT2D eigenvalue weighted by Gasteiger charge is -2.09. The average Bonchev–Trinajstić information content (AvgIpc) is 2.96. The third-order valence-electron chi connectivity index (χ3n) is 4.31. The minimum absolute atomic E-state index is 0.213. The van der Waals surface area contributed by atoms with Crippen molar-refractivity contribution in [3.8, 4) is 5.75 Å². The third kappa shape index (κ3) is 3.90. The predicted molar refractivity (Wildman–Crippen MR) is 106 cm³/mol. The summed E-state index contributed by atoms with van der Waals surface area (Å²) in [6.07, 6.45) is 0. The molecule has 0 aliphatic rings. The second-order valence-electron chi connectivity index (χ2n) is 5.98. The Labute approximate surface area is 162 Å². The van der Waals surface area contributed by atoms with Crippen LogP contribution in [0, 0.1) is 0 Å².